The third-order valence-corrected chi connectivity index (χ3v) is 3.59. The number of halogens is 1. The van der Waals surface area contributed by atoms with Gasteiger partial charge in [0.15, 0.2) is 11.5 Å². The van der Waals surface area contributed by atoms with Crippen LogP contribution in [0.15, 0.2) is 35.3 Å². The van der Waals surface area contributed by atoms with E-state index in [0.29, 0.717) is 15.8 Å². The molecule has 3 rings (SSSR count). The van der Waals surface area contributed by atoms with Gasteiger partial charge >= 0.3 is 0 Å². The van der Waals surface area contributed by atoms with Gasteiger partial charge in [-0.25, -0.2) is 9.97 Å². The number of oxazole rings is 1. The van der Waals surface area contributed by atoms with Gasteiger partial charge in [-0.3, -0.25) is 4.79 Å². The van der Waals surface area contributed by atoms with Crippen molar-refractivity contribution in [1.29, 1.82) is 0 Å². The van der Waals surface area contributed by atoms with E-state index in [1.54, 1.807) is 6.07 Å². The zero-order valence-corrected chi connectivity index (χ0v) is 11.2. The van der Waals surface area contributed by atoms with Gasteiger partial charge in [0.05, 0.1) is 22.3 Å². The molecule has 5 nitrogen and oxygen atoms in total. The molecule has 2 aromatic heterocycles. The Morgan fingerprint density at radius 2 is 2.37 bits per heavy atom. The maximum atomic E-state index is 11.8. The third-order valence-electron chi connectivity index (χ3n) is 2.42. The number of benzene rings is 1. The summed E-state index contributed by atoms with van der Waals surface area (Å²) in [6.07, 6.45) is 2.90. The van der Waals surface area contributed by atoms with E-state index < -0.39 is 0 Å². The SMILES string of the molecule is O=C(Cc1cocn1)Nc1nc2ccc(Cl)cc2s1. The molecule has 0 radical (unpaired) electrons. The molecule has 0 aliphatic carbocycles. The average molecular weight is 294 g/mol. The topological polar surface area (TPSA) is 68.0 Å². The molecule has 0 aliphatic rings. The lowest BCUT2D eigenvalue weighted by molar-refractivity contribution is -0.115. The van der Waals surface area contributed by atoms with Crippen LogP contribution in [0.2, 0.25) is 5.02 Å². The molecule has 0 spiro atoms. The molecule has 2 heterocycles. The van der Waals surface area contributed by atoms with E-state index in [1.165, 1.54) is 24.0 Å². The first-order valence-electron chi connectivity index (χ1n) is 5.44. The van der Waals surface area contributed by atoms with E-state index in [0.717, 1.165) is 10.2 Å². The second-order valence-corrected chi connectivity index (χ2v) is 5.30. The van der Waals surface area contributed by atoms with Crippen LogP contribution in [0.1, 0.15) is 5.69 Å². The minimum Gasteiger partial charge on any atom is -0.451 e. The van der Waals surface area contributed by atoms with Gasteiger partial charge in [0, 0.05) is 5.02 Å². The fraction of sp³-hybridized carbons (Fsp3) is 0.0833. The molecule has 1 aromatic carbocycles. The van der Waals surface area contributed by atoms with E-state index in [-0.39, 0.29) is 12.3 Å². The Labute approximate surface area is 117 Å². The van der Waals surface area contributed by atoms with Crippen LogP contribution in [0, 0.1) is 0 Å². The zero-order chi connectivity index (χ0) is 13.2. The maximum Gasteiger partial charge on any atom is 0.232 e. The van der Waals surface area contributed by atoms with Crippen molar-refractivity contribution >= 4 is 44.2 Å². The number of nitrogens with one attached hydrogen (secondary N) is 1. The molecule has 96 valence electrons. The van der Waals surface area contributed by atoms with Gasteiger partial charge < -0.3 is 9.73 Å². The summed E-state index contributed by atoms with van der Waals surface area (Å²) < 4.78 is 5.74. The quantitative estimate of drug-likeness (QED) is 0.805. The van der Waals surface area contributed by atoms with E-state index in [2.05, 4.69) is 15.3 Å². The molecule has 0 bridgehead atoms. The van der Waals surface area contributed by atoms with Crippen molar-refractivity contribution in [2.24, 2.45) is 0 Å². The second-order valence-electron chi connectivity index (χ2n) is 3.84. The fourth-order valence-corrected chi connectivity index (χ4v) is 2.76. The minimum absolute atomic E-state index is 0.160. The fourth-order valence-electron chi connectivity index (χ4n) is 1.60. The van der Waals surface area contributed by atoms with Crippen molar-refractivity contribution in [3.05, 3.63) is 41.6 Å². The highest BCUT2D eigenvalue weighted by atomic mass is 35.5. The van der Waals surface area contributed by atoms with Crippen LogP contribution in [-0.4, -0.2) is 15.9 Å². The maximum absolute atomic E-state index is 11.8. The lowest BCUT2D eigenvalue weighted by Gasteiger charge is -1.97. The van der Waals surface area contributed by atoms with Crippen LogP contribution in [0.25, 0.3) is 10.2 Å². The monoisotopic (exact) mass is 293 g/mol. The van der Waals surface area contributed by atoms with Crippen LogP contribution >= 0.6 is 22.9 Å². The number of aromatic nitrogens is 2. The highest BCUT2D eigenvalue weighted by molar-refractivity contribution is 7.22. The molecule has 0 aliphatic heterocycles. The van der Waals surface area contributed by atoms with Gasteiger partial charge in [0.1, 0.15) is 6.26 Å². The number of thiazole rings is 1. The zero-order valence-electron chi connectivity index (χ0n) is 9.59. The Bertz CT molecular complexity index is 724. The average Bonchev–Trinajstić information content (AvgIpc) is 2.97. The number of carbonyl (C=O) groups excluding carboxylic acids is 1. The standard InChI is InChI=1S/C12H8ClN3O2S/c13-7-1-2-9-10(3-7)19-12(15-9)16-11(17)4-8-5-18-6-14-8/h1-3,5-6H,4H2,(H,15,16,17). The molecule has 3 aromatic rings. The first-order chi connectivity index (χ1) is 9.20. The van der Waals surface area contributed by atoms with E-state index in [4.69, 9.17) is 16.0 Å². The van der Waals surface area contributed by atoms with Crippen molar-refractivity contribution < 1.29 is 9.21 Å². The summed E-state index contributed by atoms with van der Waals surface area (Å²) in [6.45, 7) is 0. The number of fused-ring (bicyclic) bond motifs is 1. The summed E-state index contributed by atoms with van der Waals surface area (Å²) in [6, 6.07) is 5.41. The summed E-state index contributed by atoms with van der Waals surface area (Å²) in [5.74, 6) is -0.181. The van der Waals surface area contributed by atoms with E-state index >= 15 is 0 Å². The highest BCUT2D eigenvalue weighted by Crippen LogP contribution is 2.28. The minimum atomic E-state index is -0.181. The van der Waals surface area contributed by atoms with Crippen LogP contribution in [-0.2, 0) is 11.2 Å². The Morgan fingerprint density at radius 1 is 1.47 bits per heavy atom. The number of hydrogen-bond acceptors (Lipinski definition) is 5. The molecular formula is C12H8ClN3O2S. The molecule has 0 fully saturated rings. The van der Waals surface area contributed by atoms with Gasteiger partial charge in [0.2, 0.25) is 5.91 Å². The molecule has 0 atom stereocenters. The van der Waals surface area contributed by atoms with Crippen molar-refractivity contribution in [3.63, 3.8) is 0 Å². The van der Waals surface area contributed by atoms with Crippen molar-refractivity contribution in [3.8, 4) is 0 Å². The number of nitrogens with zero attached hydrogens (tertiary/aromatic N) is 2. The van der Waals surface area contributed by atoms with Crippen molar-refractivity contribution in [2.75, 3.05) is 5.32 Å². The Kier molecular flexibility index (Phi) is 3.18. The largest absolute Gasteiger partial charge is 0.451 e. The normalized spacial score (nSPS) is 10.8. The Balaban J connectivity index is 1.76. The van der Waals surface area contributed by atoms with Crippen LogP contribution < -0.4 is 5.32 Å². The third kappa shape index (κ3) is 2.74. The number of hydrogen-bond donors (Lipinski definition) is 1. The molecule has 1 amide bonds. The molecule has 19 heavy (non-hydrogen) atoms. The van der Waals surface area contributed by atoms with Crippen LogP contribution in [0.4, 0.5) is 5.13 Å². The van der Waals surface area contributed by atoms with Crippen molar-refractivity contribution in [1.82, 2.24) is 9.97 Å². The van der Waals surface area contributed by atoms with Crippen LogP contribution in [0.5, 0.6) is 0 Å². The van der Waals surface area contributed by atoms with Gasteiger partial charge in [-0.05, 0) is 18.2 Å². The summed E-state index contributed by atoms with van der Waals surface area (Å²) in [5.41, 5.74) is 1.40. The predicted octanol–water partition coefficient (Wildman–Crippen LogP) is 3.12. The first-order valence-corrected chi connectivity index (χ1v) is 6.63. The predicted molar refractivity (Wildman–Crippen MR) is 73.5 cm³/mol. The van der Waals surface area contributed by atoms with E-state index in [9.17, 15) is 4.79 Å². The first kappa shape index (κ1) is 12.1. The molecule has 0 saturated carbocycles. The summed E-state index contributed by atoms with van der Waals surface area (Å²) in [7, 11) is 0. The summed E-state index contributed by atoms with van der Waals surface area (Å²) in [4.78, 5) is 20.0. The smallest absolute Gasteiger partial charge is 0.232 e. The summed E-state index contributed by atoms with van der Waals surface area (Å²) >= 11 is 7.28. The van der Waals surface area contributed by atoms with Gasteiger partial charge in [-0.1, -0.05) is 22.9 Å². The Hall–Kier alpha value is -1.92. The lowest BCUT2D eigenvalue weighted by Crippen LogP contribution is -2.14. The second kappa shape index (κ2) is 4.99. The number of amides is 1. The molecule has 7 heteroatoms. The van der Waals surface area contributed by atoms with Gasteiger partial charge in [0.25, 0.3) is 0 Å². The highest BCUT2D eigenvalue weighted by Gasteiger charge is 2.10. The number of carbonyl (C=O) groups is 1. The van der Waals surface area contributed by atoms with Crippen LogP contribution in [0.3, 0.4) is 0 Å². The summed E-state index contributed by atoms with van der Waals surface area (Å²) in [5, 5.41) is 3.93. The lowest BCUT2D eigenvalue weighted by atomic mass is 10.3. The molecular weight excluding hydrogens is 286 g/mol. The Morgan fingerprint density at radius 3 is 3.16 bits per heavy atom. The number of anilines is 1. The molecule has 0 saturated heterocycles. The van der Waals surface area contributed by atoms with Gasteiger partial charge in [-0.2, -0.15) is 0 Å². The molecule has 0 unspecified atom stereocenters. The molecule has 1 N–H and O–H groups in total. The number of rotatable bonds is 3. The van der Waals surface area contributed by atoms with Crippen molar-refractivity contribution in [2.45, 2.75) is 6.42 Å². The van der Waals surface area contributed by atoms with Gasteiger partial charge in [-0.15, -0.1) is 0 Å². The van der Waals surface area contributed by atoms with E-state index in [1.807, 2.05) is 12.1 Å².